The third-order valence-corrected chi connectivity index (χ3v) is 4.36. The molecule has 0 fully saturated rings. The van der Waals surface area contributed by atoms with Gasteiger partial charge in [0.1, 0.15) is 0 Å². The number of amides is 1. The minimum absolute atomic E-state index is 0.0384. The summed E-state index contributed by atoms with van der Waals surface area (Å²) in [5, 5.41) is 6.99. The average Bonchev–Trinajstić information content (AvgIpc) is 2.77. The minimum atomic E-state index is 0.0384. The molecule has 0 saturated carbocycles. The first-order valence-corrected chi connectivity index (χ1v) is 7.22. The SMILES string of the molecule is Cc1n[nH]c(C)c1C(=O)N1CCSc2ccccc21. The standard InChI is InChI=1S/C14H15N3OS/c1-9-13(10(2)16-15-9)14(18)17-7-8-19-12-6-4-3-5-11(12)17/h3-6H,7-8H2,1-2H3,(H,15,16). The van der Waals surface area contributed by atoms with Gasteiger partial charge in [0.05, 0.1) is 16.9 Å². The van der Waals surface area contributed by atoms with Crippen molar-refractivity contribution < 1.29 is 4.79 Å². The number of benzene rings is 1. The average molecular weight is 273 g/mol. The Morgan fingerprint density at radius 2 is 2.16 bits per heavy atom. The van der Waals surface area contributed by atoms with Crippen molar-refractivity contribution in [2.24, 2.45) is 0 Å². The molecule has 0 bridgehead atoms. The molecule has 0 atom stereocenters. The second-order valence-corrected chi connectivity index (χ2v) is 5.72. The number of rotatable bonds is 1. The Bertz CT molecular complexity index is 616. The molecule has 0 unspecified atom stereocenters. The molecule has 1 aliphatic heterocycles. The molecule has 0 saturated heterocycles. The molecule has 0 aliphatic carbocycles. The number of carbonyl (C=O) groups excluding carboxylic acids is 1. The maximum absolute atomic E-state index is 12.7. The molecular weight excluding hydrogens is 258 g/mol. The van der Waals surface area contributed by atoms with Gasteiger partial charge < -0.3 is 4.90 Å². The van der Waals surface area contributed by atoms with Gasteiger partial charge in [-0.1, -0.05) is 12.1 Å². The van der Waals surface area contributed by atoms with Crippen LogP contribution in [0.15, 0.2) is 29.2 Å². The van der Waals surface area contributed by atoms with Crippen LogP contribution in [0.4, 0.5) is 5.69 Å². The number of thioether (sulfide) groups is 1. The van der Waals surface area contributed by atoms with E-state index in [9.17, 15) is 4.79 Å². The largest absolute Gasteiger partial charge is 0.306 e. The Labute approximate surface area is 116 Å². The molecule has 2 aromatic rings. The van der Waals surface area contributed by atoms with Crippen LogP contribution in [0.3, 0.4) is 0 Å². The summed E-state index contributed by atoms with van der Waals surface area (Å²) in [5.41, 5.74) is 3.29. The van der Waals surface area contributed by atoms with E-state index in [1.54, 1.807) is 11.8 Å². The van der Waals surface area contributed by atoms with Crippen molar-refractivity contribution in [2.45, 2.75) is 18.7 Å². The van der Waals surface area contributed by atoms with Gasteiger partial charge >= 0.3 is 0 Å². The van der Waals surface area contributed by atoms with Crippen molar-refractivity contribution in [1.29, 1.82) is 0 Å². The number of aromatic amines is 1. The van der Waals surface area contributed by atoms with E-state index in [2.05, 4.69) is 16.3 Å². The maximum Gasteiger partial charge on any atom is 0.262 e. The fraction of sp³-hybridized carbons (Fsp3) is 0.286. The molecule has 2 heterocycles. The maximum atomic E-state index is 12.7. The molecule has 5 heteroatoms. The summed E-state index contributed by atoms with van der Waals surface area (Å²) in [7, 11) is 0. The first-order chi connectivity index (χ1) is 9.18. The molecule has 3 rings (SSSR count). The Balaban J connectivity index is 2.03. The van der Waals surface area contributed by atoms with Gasteiger partial charge in [-0.05, 0) is 26.0 Å². The smallest absolute Gasteiger partial charge is 0.262 e. The van der Waals surface area contributed by atoms with Crippen LogP contribution in [0.2, 0.25) is 0 Å². The van der Waals surface area contributed by atoms with Gasteiger partial charge in [0.2, 0.25) is 0 Å². The van der Waals surface area contributed by atoms with Crippen LogP contribution < -0.4 is 4.90 Å². The summed E-state index contributed by atoms with van der Waals surface area (Å²) in [6, 6.07) is 8.05. The molecule has 1 amide bonds. The van der Waals surface area contributed by atoms with Gasteiger partial charge in [0, 0.05) is 22.9 Å². The number of para-hydroxylation sites is 1. The minimum Gasteiger partial charge on any atom is -0.306 e. The van der Waals surface area contributed by atoms with Gasteiger partial charge in [0.15, 0.2) is 0 Å². The Kier molecular flexibility index (Phi) is 3.06. The van der Waals surface area contributed by atoms with Crippen LogP contribution in [0, 0.1) is 13.8 Å². The van der Waals surface area contributed by atoms with Crippen LogP contribution in [0.5, 0.6) is 0 Å². The molecule has 1 N–H and O–H groups in total. The highest BCUT2D eigenvalue weighted by molar-refractivity contribution is 7.99. The number of hydrogen-bond donors (Lipinski definition) is 1. The van der Waals surface area contributed by atoms with Gasteiger partial charge in [-0.3, -0.25) is 9.89 Å². The number of carbonyl (C=O) groups is 1. The number of fused-ring (bicyclic) bond motifs is 1. The van der Waals surface area contributed by atoms with Crippen molar-refractivity contribution in [3.63, 3.8) is 0 Å². The molecule has 0 radical (unpaired) electrons. The molecular formula is C14H15N3OS. The van der Waals surface area contributed by atoms with Crippen LogP contribution in [0.25, 0.3) is 0 Å². The highest BCUT2D eigenvalue weighted by Gasteiger charge is 2.26. The van der Waals surface area contributed by atoms with E-state index in [1.807, 2.05) is 36.9 Å². The van der Waals surface area contributed by atoms with Gasteiger partial charge in [0.25, 0.3) is 5.91 Å². The number of H-pyrrole nitrogens is 1. The summed E-state index contributed by atoms with van der Waals surface area (Å²) < 4.78 is 0. The molecule has 0 spiro atoms. The fourth-order valence-electron chi connectivity index (χ4n) is 2.38. The summed E-state index contributed by atoms with van der Waals surface area (Å²) in [4.78, 5) is 15.7. The lowest BCUT2D eigenvalue weighted by Crippen LogP contribution is -2.35. The highest BCUT2D eigenvalue weighted by atomic mass is 32.2. The predicted molar refractivity (Wildman–Crippen MR) is 76.9 cm³/mol. The first kappa shape index (κ1) is 12.3. The molecule has 1 aromatic carbocycles. The number of aromatic nitrogens is 2. The second kappa shape index (κ2) is 4.74. The third-order valence-electron chi connectivity index (χ3n) is 3.32. The monoisotopic (exact) mass is 273 g/mol. The summed E-state index contributed by atoms with van der Waals surface area (Å²) >= 11 is 1.80. The molecule has 1 aromatic heterocycles. The van der Waals surface area contributed by atoms with Crippen LogP contribution in [0.1, 0.15) is 21.7 Å². The second-order valence-electron chi connectivity index (χ2n) is 4.58. The van der Waals surface area contributed by atoms with E-state index >= 15 is 0 Å². The van der Waals surface area contributed by atoms with Crippen LogP contribution in [-0.2, 0) is 0 Å². The van der Waals surface area contributed by atoms with Gasteiger partial charge in [-0.25, -0.2) is 0 Å². The summed E-state index contributed by atoms with van der Waals surface area (Å²) in [6.07, 6.45) is 0. The summed E-state index contributed by atoms with van der Waals surface area (Å²) in [6.45, 7) is 4.49. The van der Waals surface area contributed by atoms with E-state index in [0.29, 0.717) is 5.56 Å². The lowest BCUT2D eigenvalue weighted by molar-refractivity contribution is 0.0986. The Morgan fingerprint density at radius 1 is 1.37 bits per heavy atom. The number of nitrogens with zero attached hydrogens (tertiary/aromatic N) is 2. The van der Waals surface area contributed by atoms with E-state index in [0.717, 1.165) is 29.4 Å². The lowest BCUT2D eigenvalue weighted by atomic mass is 10.1. The zero-order valence-corrected chi connectivity index (χ0v) is 11.8. The number of nitrogens with one attached hydrogen (secondary N) is 1. The van der Waals surface area contributed by atoms with Crippen molar-refractivity contribution >= 4 is 23.4 Å². The van der Waals surface area contributed by atoms with E-state index in [1.165, 1.54) is 4.90 Å². The number of anilines is 1. The van der Waals surface area contributed by atoms with Gasteiger partial charge in [-0.2, -0.15) is 5.10 Å². The van der Waals surface area contributed by atoms with Crippen LogP contribution >= 0.6 is 11.8 Å². The zero-order valence-electron chi connectivity index (χ0n) is 10.9. The normalized spacial score (nSPS) is 14.3. The molecule has 4 nitrogen and oxygen atoms in total. The Hall–Kier alpha value is -1.75. The van der Waals surface area contributed by atoms with Crippen molar-refractivity contribution in [3.05, 3.63) is 41.2 Å². The number of hydrogen-bond acceptors (Lipinski definition) is 3. The first-order valence-electron chi connectivity index (χ1n) is 6.23. The summed E-state index contributed by atoms with van der Waals surface area (Å²) in [5.74, 6) is 0.968. The highest BCUT2D eigenvalue weighted by Crippen LogP contribution is 2.35. The molecule has 1 aliphatic rings. The fourth-order valence-corrected chi connectivity index (χ4v) is 3.38. The zero-order chi connectivity index (χ0) is 13.4. The topological polar surface area (TPSA) is 49.0 Å². The molecule has 19 heavy (non-hydrogen) atoms. The Morgan fingerprint density at radius 3 is 2.89 bits per heavy atom. The lowest BCUT2D eigenvalue weighted by Gasteiger charge is -2.29. The quantitative estimate of drug-likeness (QED) is 0.869. The number of aryl methyl sites for hydroxylation is 2. The third kappa shape index (κ3) is 2.04. The predicted octanol–water partition coefficient (Wildman–Crippen LogP) is 2.78. The molecule has 98 valence electrons. The van der Waals surface area contributed by atoms with E-state index in [4.69, 9.17) is 0 Å². The van der Waals surface area contributed by atoms with Gasteiger partial charge in [-0.15, -0.1) is 11.8 Å². The van der Waals surface area contributed by atoms with Crippen LogP contribution in [-0.4, -0.2) is 28.4 Å². The van der Waals surface area contributed by atoms with E-state index in [-0.39, 0.29) is 5.91 Å². The van der Waals surface area contributed by atoms with E-state index < -0.39 is 0 Å². The van der Waals surface area contributed by atoms with Crippen molar-refractivity contribution in [3.8, 4) is 0 Å². The van der Waals surface area contributed by atoms with Crippen molar-refractivity contribution in [1.82, 2.24) is 10.2 Å². The van der Waals surface area contributed by atoms with Crippen molar-refractivity contribution in [2.75, 3.05) is 17.2 Å².